The van der Waals surface area contributed by atoms with Crippen molar-refractivity contribution in [2.45, 2.75) is 13.0 Å². The summed E-state index contributed by atoms with van der Waals surface area (Å²) in [7, 11) is 0. The fourth-order valence-corrected chi connectivity index (χ4v) is 3.80. The maximum Gasteiger partial charge on any atom is 0.322 e. The number of rotatable bonds is 2. The molecule has 3 aromatic heterocycles. The van der Waals surface area contributed by atoms with Crippen LogP contribution in [0.4, 0.5) is 14.9 Å². The number of halogens is 2. The summed E-state index contributed by atoms with van der Waals surface area (Å²) in [5, 5.41) is 10.2. The molecule has 9 nitrogen and oxygen atoms in total. The van der Waals surface area contributed by atoms with Crippen LogP contribution in [0.25, 0.3) is 22.3 Å². The third kappa shape index (κ3) is 3.61. The zero-order valence-electron chi connectivity index (χ0n) is 15.9. The van der Waals surface area contributed by atoms with Gasteiger partial charge in [0.1, 0.15) is 5.82 Å². The lowest BCUT2D eigenvalue weighted by atomic mass is 10.0. The minimum atomic E-state index is -0.645. The molecule has 11 heteroatoms. The molecule has 0 fully saturated rings. The number of aromatic nitrogens is 4. The number of pyridine rings is 2. The number of benzene rings is 1. The second-order valence-corrected chi connectivity index (χ2v) is 7.50. The van der Waals surface area contributed by atoms with Crippen molar-refractivity contribution >= 4 is 34.5 Å². The number of urea groups is 1. The van der Waals surface area contributed by atoms with E-state index in [1.165, 1.54) is 29.3 Å². The molecule has 4 heterocycles. The molecule has 156 valence electrons. The van der Waals surface area contributed by atoms with Crippen molar-refractivity contribution in [1.82, 2.24) is 25.2 Å². The van der Waals surface area contributed by atoms with Gasteiger partial charge in [0.05, 0.1) is 10.7 Å². The Morgan fingerprint density at radius 1 is 1.23 bits per heavy atom. The van der Waals surface area contributed by atoms with Crippen LogP contribution >= 0.6 is 11.6 Å². The first-order valence-corrected chi connectivity index (χ1v) is 9.70. The maximum absolute atomic E-state index is 14.8. The van der Waals surface area contributed by atoms with Crippen molar-refractivity contribution < 1.29 is 13.8 Å². The van der Waals surface area contributed by atoms with E-state index in [2.05, 4.69) is 30.2 Å². The highest BCUT2D eigenvalue weighted by atomic mass is 35.5. The van der Waals surface area contributed by atoms with Crippen LogP contribution in [0.1, 0.15) is 11.1 Å². The van der Waals surface area contributed by atoms with Gasteiger partial charge in [0.15, 0.2) is 5.52 Å². The van der Waals surface area contributed by atoms with E-state index < -0.39 is 11.8 Å². The molecule has 0 radical (unpaired) electrons. The molecule has 0 unspecified atom stereocenters. The molecular formula is C20H14ClFN6O3. The topological polar surface area (TPSA) is 117 Å². The smallest absolute Gasteiger partial charge is 0.322 e. The molecule has 2 amide bonds. The van der Waals surface area contributed by atoms with Gasteiger partial charge in [-0.25, -0.2) is 18.8 Å². The fraction of sp³-hybridized carbons (Fsp3) is 0.150. The van der Waals surface area contributed by atoms with Gasteiger partial charge in [-0.15, -0.1) is 0 Å². The fourth-order valence-electron chi connectivity index (χ4n) is 3.53. The van der Waals surface area contributed by atoms with Crippen molar-refractivity contribution in [2.75, 3.05) is 11.9 Å². The molecule has 0 spiro atoms. The molecule has 0 aliphatic carbocycles. The molecule has 1 aliphatic rings. The second-order valence-electron chi connectivity index (χ2n) is 7.09. The van der Waals surface area contributed by atoms with Crippen molar-refractivity contribution in [3.05, 3.63) is 69.0 Å². The number of aromatic amines is 1. The van der Waals surface area contributed by atoms with E-state index in [-0.39, 0.29) is 16.3 Å². The molecule has 1 aliphatic heterocycles. The average molecular weight is 441 g/mol. The predicted octanol–water partition coefficient (Wildman–Crippen LogP) is 3.36. The number of H-pyrrole nitrogens is 1. The zero-order valence-corrected chi connectivity index (χ0v) is 16.6. The van der Waals surface area contributed by atoms with E-state index in [0.717, 1.165) is 11.1 Å². The quantitative estimate of drug-likeness (QED) is 0.493. The predicted molar refractivity (Wildman–Crippen MR) is 110 cm³/mol. The Morgan fingerprint density at radius 2 is 2.10 bits per heavy atom. The van der Waals surface area contributed by atoms with Gasteiger partial charge in [0.25, 0.3) is 0 Å². The van der Waals surface area contributed by atoms with Gasteiger partial charge in [-0.05, 0) is 46.1 Å². The monoisotopic (exact) mass is 440 g/mol. The number of nitrogens with zero attached hydrogens (tertiary/aromatic N) is 4. The number of carbonyl (C=O) groups excluding carboxylic acids is 1. The normalized spacial score (nSPS) is 13.3. The van der Waals surface area contributed by atoms with E-state index in [1.54, 1.807) is 12.3 Å². The number of carbonyl (C=O) groups is 1. The van der Waals surface area contributed by atoms with E-state index >= 15 is 0 Å². The second kappa shape index (κ2) is 7.47. The lowest BCUT2D eigenvalue weighted by Gasteiger charge is -2.28. The first-order chi connectivity index (χ1) is 15.0. The molecule has 31 heavy (non-hydrogen) atoms. The molecule has 0 saturated heterocycles. The van der Waals surface area contributed by atoms with Crippen LogP contribution in [0.5, 0.6) is 0 Å². The Morgan fingerprint density at radius 3 is 2.97 bits per heavy atom. The minimum absolute atomic E-state index is 0.0387. The molecular weight excluding hydrogens is 427 g/mol. The van der Waals surface area contributed by atoms with Crippen LogP contribution < -0.4 is 10.9 Å². The highest BCUT2D eigenvalue weighted by Crippen LogP contribution is 2.33. The standard InChI is InChI=1S/C20H14ClFN6O3/c21-14-6-16(15(22)5-13(14)11-3-17-19(24-7-11)27-31-26-17)25-20(30)28-2-1-10-4-18(29)23-8-12(10)9-28/h3-8H,1-2,9H2,(H,23,29)(H,25,30). The van der Waals surface area contributed by atoms with Crippen LogP contribution in [0.2, 0.25) is 5.02 Å². The lowest BCUT2D eigenvalue weighted by Crippen LogP contribution is -2.39. The van der Waals surface area contributed by atoms with Crippen molar-refractivity contribution in [3.8, 4) is 11.1 Å². The summed E-state index contributed by atoms with van der Waals surface area (Å²) in [6.07, 6.45) is 3.63. The third-order valence-corrected chi connectivity index (χ3v) is 5.44. The minimum Gasteiger partial charge on any atom is -0.329 e. The summed E-state index contributed by atoms with van der Waals surface area (Å²) >= 11 is 6.36. The van der Waals surface area contributed by atoms with E-state index in [4.69, 9.17) is 11.6 Å². The number of fused-ring (bicyclic) bond motifs is 2. The summed E-state index contributed by atoms with van der Waals surface area (Å²) in [4.78, 5) is 32.3. The van der Waals surface area contributed by atoms with Gasteiger partial charge in [0, 0.05) is 42.7 Å². The third-order valence-electron chi connectivity index (χ3n) is 5.13. The molecule has 2 N–H and O–H groups in total. The van der Waals surface area contributed by atoms with Crippen LogP contribution in [-0.4, -0.2) is 37.8 Å². The number of amides is 2. The van der Waals surface area contributed by atoms with Gasteiger partial charge in [0.2, 0.25) is 11.2 Å². The zero-order chi connectivity index (χ0) is 21.5. The van der Waals surface area contributed by atoms with Gasteiger partial charge < -0.3 is 15.2 Å². The first-order valence-electron chi connectivity index (χ1n) is 9.32. The largest absolute Gasteiger partial charge is 0.329 e. The number of anilines is 1. The van der Waals surface area contributed by atoms with Crippen molar-refractivity contribution in [3.63, 3.8) is 0 Å². The molecule has 1 aromatic carbocycles. The summed E-state index contributed by atoms with van der Waals surface area (Å²) in [6.45, 7) is 0.718. The Hall–Kier alpha value is -3.79. The summed E-state index contributed by atoms with van der Waals surface area (Å²) in [6, 6.07) is 5.28. The summed E-state index contributed by atoms with van der Waals surface area (Å²) in [5.74, 6) is -0.645. The van der Waals surface area contributed by atoms with Gasteiger partial charge in [-0.1, -0.05) is 11.6 Å². The Bertz CT molecular complexity index is 1390. The Kier molecular flexibility index (Phi) is 4.63. The number of nitrogens with one attached hydrogen (secondary N) is 2. The SMILES string of the molecule is O=C(Nc1cc(Cl)c(-c2cnc3nonc3c2)cc1F)N1CCc2cc(=O)[nH]cc2C1. The Balaban J connectivity index is 1.37. The summed E-state index contributed by atoms with van der Waals surface area (Å²) < 4.78 is 19.4. The lowest BCUT2D eigenvalue weighted by molar-refractivity contribution is 0.206. The molecule has 5 rings (SSSR count). The number of hydrogen-bond donors (Lipinski definition) is 2. The van der Waals surface area contributed by atoms with Crippen LogP contribution in [0, 0.1) is 5.82 Å². The van der Waals surface area contributed by atoms with Crippen LogP contribution in [0.15, 0.2) is 46.1 Å². The molecule has 0 bridgehead atoms. The van der Waals surface area contributed by atoms with Crippen LogP contribution in [0.3, 0.4) is 0 Å². The van der Waals surface area contributed by atoms with E-state index in [0.29, 0.717) is 41.8 Å². The average Bonchev–Trinajstić information content (AvgIpc) is 3.23. The van der Waals surface area contributed by atoms with Crippen molar-refractivity contribution in [2.24, 2.45) is 0 Å². The van der Waals surface area contributed by atoms with E-state index in [9.17, 15) is 14.0 Å². The van der Waals surface area contributed by atoms with E-state index in [1.807, 2.05) is 0 Å². The Labute approximate surface area is 178 Å². The summed E-state index contributed by atoms with van der Waals surface area (Å²) in [5.41, 5.74) is 3.21. The van der Waals surface area contributed by atoms with Gasteiger partial charge in [-0.3, -0.25) is 4.79 Å². The highest BCUT2D eigenvalue weighted by Gasteiger charge is 2.22. The van der Waals surface area contributed by atoms with Crippen LogP contribution in [-0.2, 0) is 13.0 Å². The van der Waals surface area contributed by atoms with Crippen molar-refractivity contribution in [1.29, 1.82) is 0 Å². The molecule has 0 atom stereocenters. The first kappa shape index (κ1) is 19.2. The molecule has 4 aromatic rings. The highest BCUT2D eigenvalue weighted by molar-refractivity contribution is 6.33. The van der Waals surface area contributed by atoms with Gasteiger partial charge in [-0.2, -0.15) is 0 Å². The van der Waals surface area contributed by atoms with Gasteiger partial charge >= 0.3 is 6.03 Å². The number of hydrogen-bond acceptors (Lipinski definition) is 6. The molecule has 0 saturated carbocycles. The maximum atomic E-state index is 14.8.